The standard InChI is InChI=1S/C4H4.Ru/c1-3-4-2;/h1-4H;/q-2;+2. The van der Waals surface area contributed by atoms with Crippen LogP contribution in [0.2, 0.25) is 0 Å². The topological polar surface area (TPSA) is 0 Å². The Morgan fingerprint density at radius 2 is 1.20 bits per heavy atom. The van der Waals surface area contributed by atoms with Crippen molar-refractivity contribution in [1.29, 1.82) is 0 Å². The van der Waals surface area contributed by atoms with E-state index in [4.69, 9.17) is 13.2 Å². The molecule has 0 saturated heterocycles. The van der Waals surface area contributed by atoms with Crippen LogP contribution in [0.4, 0.5) is 0 Å². The van der Waals surface area contributed by atoms with Gasteiger partial charge in [0.05, 0.1) is 0 Å². The molecule has 0 aromatic heterocycles. The van der Waals surface area contributed by atoms with Gasteiger partial charge in [-0.15, -0.1) is 0 Å². The van der Waals surface area contributed by atoms with E-state index in [2.05, 4.69) is 0 Å². The van der Waals surface area contributed by atoms with Crippen LogP contribution < -0.4 is 0 Å². The monoisotopic (exact) mass is 154 g/mol. The maximum Gasteiger partial charge on any atom is 2.00 e. The van der Waals surface area contributed by atoms with Gasteiger partial charge in [0, 0.05) is 0 Å². The fourth-order valence-electron chi connectivity index (χ4n) is 0. The van der Waals surface area contributed by atoms with Gasteiger partial charge in [0.25, 0.3) is 0 Å². The molecule has 28 valence electrons. The number of rotatable bonds is 1. The molecule has 0 rings (SSSR count). The first kappa shape index (κ1) is 8.92. The smallest absolute Gasteiger partial charge is 0.394 e. The first-order valence-corrected chi connectivity index (χ1v) is 1.00. The molecular weight excluding hydrogens is 149 g/mol. The minimum Gasteiger partial charge on any atom is -0.394 e. The summed E-state index contributed by atoms with van der Waals surface area (Å²) in [7, 11) is 0. The van der Waals surface area contributed by atoms with E-state index in [9.17, 15) is 0 Å². The third-order valence-electron chi connectivity index (χ3n) is 0.111. The van der Waals surface area contributed by atoms with E-state index in [1.807, 2.05) is 0 Å². The minimum atomic E-state index is 0. The Morgan fingerprint density at radius 1 is 1.00 bits per heavy atom. The molecular formula is C4H4Ru. The average Bonchev–Trinajstić information content (AvgIpc) is 1.37. The first-order valence-electron chi connectivity index (χ1n) is 1.00. The molecule has 0 radical (unpaired) electrons. The van der Waals surface area contributed by atoms with Crippen LogP contribution in [-0.2, 0) is 19.5 Å². The van der Waals surface area contributed by atoms with Crippen LogP contribution in [0.5, 0.6) is 0 Å². The number of hydrogen-bond donors (Lipinski definition) is 0. The molecule has 0 fully saturated rings. The van der Waals surface area contributed by atoms with Crippen molar-refractivity contribution in [2.24, 2.45) is 0 Å². The van der Waals surface area contributed by atoms with E-state index in [0.29, 0.717) is 0 Å². The van der Waals surface area contributed by atoms with Crippen LogP contribution in [0.25, 0.3) is 0 Å². The summed E-state index contributed by atoms with van der Waals surface area (Å²) < 4.78 is 0. The molecule has 0 aromatic rings. The zero-order valence-electron chi connectivity index (χ0n) is 2.66. The molecule has 0 saturated carbocycles. The Labute approximate surface area is 45.3 Å². The van der Waals surface area contributed by atoms with Crippen LogP contribution >= 0.6 is 0 Å². The second-order valence-electron chi connectivity index (χ2n) is 0.385. The van der Waals surface area contributed by atoms with E-state index >= 15 is 0 Å². The Balaban J connectivity index is 0. The predicted octanol–water partition coefficient (Wildman–Crippen LogP) is 0.962. The summed E-state index contributed by atoms with van der Waals surface area (Å²) in [5.74, 6) is 0. The third kappa shape index (κ3) is 14.9. The Kier molecular flexibility index (Phi) is 15.9. The number of allylic oxidation sites excluding steroid dienone is 2. The Hall–Kier alpha value is 0.103. The van der Waals surface area contributed by atoms with Gasteiger partial charge in [-0.2, -0.15) is 0 Å². The van der Waals surface area contributed by atoms with Crippen LogP contribution in [0.15, 0.2) is 12.2 Å². The van der Waals surface area contributed by atoms with Gasteiger partial charge in [-0.3, -0.25) is 0 Å². The molecule has 0 aliphatic rings. The van der Waals surface area contributed by atoms with E-state index in [0.717, 1.165) is 0 Å². The molecule has 0 aliphatic heterocycles. The normalized spacial score (nSPS) is 4.00. The van der Waals surface area contributed by atoms with Gasteiger partial charge >= 0.3 is 19.5 Å². The quantitative estimate of drug-likeness (QED) is 0.299. The second-order valence-corrected chi connectivity index (χ2v) is 0.385. The summed E-state index contributed by atoms with van der Waals surface area (Å²) >= 11 is 0. The van der Waals surface area contributed by atoms with E-state index in [-0.39, 0.29) is 19.5 Å². The summed E-state index contributed by atoms with van der Waals surface area (Å²) in [6.45, 7) is 9.44. The summed E-state index contributed by atoms with van der Waals surface area (Å²) in [5, 5.41) is 0. The van der Waals surface area contributed by atoms with Gasteiger partial charge in [0.15, 0.2) is 0 Å². The number of hydrogen-bond acceptors (Lipinski definition) is 0. The van der Waals surface area contributed by atoms with Crippen molar-refractivity contribution in [2.45, 2.75) is 0 Å². The summed E-state index contributed by atoms with van der Waals surface area (Å²) in [4.78, 5) is 0. The van der Waals surface area contributed by atoms with Gasteiger partial charge in [-0.1, -0.05) is 0 Å². The minimum absolute atomic E-state index is 0. The largest absolute Gasteiger partial charge is 2.00 e. The summed E-state index contributed by atoms with van der Waals surface area (Å²) in [6, 6.07) is 0. The predicted molar refractivity (Wildman–Crippen MR) is 17.7 cm³/mol. The van der Waals surface area contributed by atoms with E-state index < -0.39 is 0 Å². The first-order chi connectivity index (χ1) is 1.91. The van der Waals surface area contributed by atoms with E-state index in [1.165, 1.54) is 12.2 Å². The maximum atomic E-state index is 4.72. The molecule has 0 spiro atoms. The van der Waals surface area contributed by atoms with Gasteiger partial charge in [0.1, 0.15) is 0 Å². The SMILES string of the molecule is [CH-]=CC=[CH-].[Ru+2]. The van der Waals surface area contributed by atoms with Crippen molar-refractivity contribution < 1.29 is 19.5 Å². The molecule has 0 atom stereocenters. The molecule has 0 nitrogen and oxygen atoms in total. The van der Waals surface area contributed by atoms with Crippen molar-refractivity contribution in [3.63, 3.8) is 0 Å². The molecule has 0 bridgehead atoms. The van der Waals surface area contributed by atoms with Crippen molar-refractivity contribution in [1.82, 2.24) is 0 Å². The molecule has 1 heteroatoms. The van der Waals surface area contributed by atoms with Gasteiger partial charge < -0.3 is 25.3 Å². The third-order valence-corrected chi connectivity index (χ3v) is 0.111. The molecule has 0 aromatic carbocycles. The molecule has 5 heavy (non-hydrogen) atoms. The zero-order valence-corrected chi connectivity index (χ0v) is 4.40. The van der Waals surface area contributed by atoms with Gasteiger partial charge in [-0.25, -0.2) is 0 Å². The molecule has 0 aliphatic carbocycles. The zero-order chi connectivity index (χ0) is 3.41. The Bertz CT molecular complexity index is 24.6. The molecule has 0 N–H and O–H groups in total. The van der Waals surface area contributed by atoms with Crippen molar-refractivity contribution >= 4 is 0 Å². The van der Waals surface area contributed by atoms with Crippen LogP contribution in [0.1, 0.15) is 0 Å². The summed E-state index contributed by atoms with van der Waals surface area (Å²) in [6.07, 6.45) is 2.56. The van der Waals surface area contributed by atoms with Crippen molar-refractivity contribution in [2.75, 3.05) is 0 Å². The van der Waals surface area contributed by atoms with Crippen molar-refractivity contribution in [3.8, 4) is 0 Å². The van der Waals surface area contributed by atoms with Crippen LogP contribution in [-0.4, -0.2) is 0 Å². The molecule has 0 heterocycles. The average molecular weight is 153 g/mol. The van der Waals surface area contributed by atoms with Crippen LogP contribution in [0.3, 0.4) is 0 Å². The fourth-order valence-corrected chi connectivity index (χ4v) is 0. The second kappa shape index (κ2) is 8.93. The Morgan fingerprint density at radius 3 is 1.20 bits per heavy atom. The summed E-state index contributed by atoms with van der Waals surface area (Å²) in [5.41, 5.74) is 0. The van der Waals surface area contributed by atoms with Gasteiger partial charge in [-0.05, 0) is 0 Å². The maximum absolute atomic E-state index is 4.72. The van der Waals surface area contributed by atoms with Gasteiger partial charge in [0.2, 0.25) is 0 Å². The van der Waals surface area contributed by atoms with Crippen LogP contribution in [0, 0.1) is 13.2 Å². The van der Waals surface area contributed by atoms with E-state index in [1.54, 1.807) is 0 Å². The van der Waals surface area contributed by atoms with Crippen molar-refractivity contribution in [3.05, 3.63) is 25.3 Å². The fraction of sp³-hybridized carbons (Fsp3) is 0. The molecule has 0 amide bonds. The molecule has 0 unspecified atom stereocenters.